The van der Waals surface area contributed by atoms with Crippen molar-refractivity contribution in [2.24, 2.45) is 17.8 Å². The molecule has 0 N–H and O–H groups in total. The van der Waals surface area contributed by atoms with Gasteiger partial charge in [-0.2, -0.15) is 5.26 Å². The highest BCUT2D eigenvalue weighted by atomic mass is 16.6. The summed E-state index contributed by atoms with van der Waals surface area (Å²) in [4.78, 5) is 14.3. The average molecular weight is 338 g/mol. The summed E-state index contributed by atoms with van der Waals surface area (Å²) in [5, 5.41) is 9.61. The molecule has 1 fully saturated rings. The Morgan fingerprint density at radius 1 is 1.32 bits per heavy atom. The third-order valence-electron chi connectivity index (χ3n) is 5.53. The largest absolute Gasteiger partial charge is 0.446 e. The number of nitriles is 1. The van der Waals surface area contributed by atoms with Gasteiger partial charge in [0.15, 0.2) is 6.04 Å². The number of hydrogen-bond acceptors (Lipinski definition) is 3. The number of fused-ring (bicyclic) bond motifs is 1. The summed E-state index contributed by atoms with van der Waals surface area (Å²) in [6, 6.07) is 9.29. The molecule has 1 amide bonds. The first-order valence-electron chi connectivity index (χ1n) is 9.17. The van der Waals surface area contributed by atoms with E-state index in [1.165, 1.54) is 11.3 Å². The van der Waals surface area contributed by atoms with Crippen LogP contribution in [-0.4, -0.2) is 17.1 Å². The van der Waals surface area contributed by atoms with Crippen LogP contribution in [0.5, 0.6) is 0 Å². The molecule has 132 valence electrons. The van der Waals surface area contributed by atoms with E-state index >= 15 is 0 Å². The van der Waals surface area contributed by atoms with Crippen molar-refractivity contribution in [2.75, 3.05) is 0 Å². The van der Waals surface area contributed by atoms with Gasteiger partial charge in [-0.1, -0.05) is 51.5 Å². The van der Waals surface area contributed by atoms with Crippen molar-refractivity contribution in [3.63, 3.8) is 0 Å². The van der Waals surface area contributed by atoms with Gasteiger partial charge in [0.25, 0.3) is 0 Å². The average Bonchev–Trinajstić information content (AvgIpc) is 2.60. The van der Waals surface area contributed by atoms with Crippen molar-refractivity contribution in [3.05, 3.63) is 41.6 Å². The number of hydrogen-bond donors (Lipinski definition) is 0. The van der Waals surface area contributed by atoms with Crippen LogP contribution in [-0.2, 0) is 4.74 Å². The number of rotatable bonds is 2. The summed E-state index contributed by atoms with van der Waals surface area (Å²) >= 11 is 0. The van der Waals surface area contributed by atoms with Gasteiger partial charge >= 0.3 is 6.09 Å². The van der Waals surface area contributed by atoms with Crippen molar-refractivity contribution in [2.45, 2.75) is 52.2 Å². The van der Waals surface area contributed by atoms with Crippen LogP contribution in [0.3, 0.4) is 0 Å². The molecule has 1 heterocycles. The summed E-state index contributed by atoms with van der Waals surface area (Å²) in [7, 11) is 0. The van der Waals surface area contributed by atoms with Crippen molar-refractivity contribution in [1.82, 2.24) is 4.90 Å². The summed E-state index contributed by atoms with van der Waals surface area (Å²) in [5.41, 5.74) is 1.83. The number of ether oxygens (including phenoxy) is 1. The predicted octanol–water partition coefficient (Wildman–Crippen LogP) is 5.13. The van der Waals surface area contributed by atoms with Crippen LogP contribution in [0, 0.1) is 29.1 Å². The van der Waals surface area contributed by atoms with Crippen LogP contribution in [0.2, 0.25) is 0 Å². The fourth-order valence-electron chi connectivity index (χ4n) is 4.05. The lowest BCUT2D eigenvalue weighted by atomic mass is 9.75. The fourth-order valence-corrected chi connectivity index (χ4v) is 4.05. The molecule has 3 rings (SSSR count). The molecule has 2 aliphatic rings. The highest BCUT2D eigenvalue weighted by Crippen LogP contribution is 2.37. The lowest BCUT2D eigenvalue weighted by Crippen LogP contribution is -2.40. The zero-order chi connectivity index (χ0) is 18.0. The third-order valence-corrected chi connectivity index (χ3v) is 5.53. The van der Waals surface area contributed by atoms with Gasteiger partial charge in [0.1, 0.15) is 6.10 Å². The Labute approximate surface area is 150 Å². The van der Waals surface area contributed by atoms with Gasteiger partial charge in [-0.15, -0.1) is 0 Å². The van der Waals surface area contributed by atoms with E-state index in [1.807, 2.05) is 30.3 Å². The maximum Gasteiger partial charge on any atom is 0.415 e. The minimum atomic E-state index is -0.632. The standard InChI is InChI=1S/C21H26N2O2/c1-14(2)17-9-8-15(3)12-20(17)25-21(24)23-11-10-16-6-4-5-7-18(16)19(23)13-22/h4-7,10-11,14-15,17,19-20H,8-9,12H2,1-3H3/t15-,17+,19+,20-/m0/s1. The number of carbonyl (C=O) groups excluding carboxylic acids is 1. The number of carbonyl (C=O) groups is 1. The van der Waals surface area contributed by atoms with E-state index in [-0.39, 0.29) is 6.10 Å². The van der Waals surface area contributed by atoms with Gasteiger partial charge in [-0.25, -0.2) is 4.79 Å². The van der Waals surface area contributed by atoms with Crippen molar-refractivity contribution in [3.8, 4) is 6.07 Å². The Morgan fingerprint density at radius 3 is 2.80 bits per heavy atom. The van der Waals surface area contributed by atoms with Crippen LogP contribution in [0.15, 0.2) is 30.5 Å². The second-order valence-corrected chi connectivity index (χ2v) is 7.63. The summed E-state index contributed by atoms with van der Waals surface area (Å²) in [6.45, 7) is 6.60. The molecule has 1 aromatic rings. The Bertz CT molecular complexity index is 704. The summed E-state index contributed by atoms with van der Waals surface area (Å²) in [5.74, 6) is 1.44. The molecule has 25 heavy (non-hydrogen) atoms. The third kappa shape index (κ3) is 3.56. The minimum absolute atomic E-state index is 0.0684. The van der Waals surface area contributed by atoms with Crippen LogP contribution < -0.4 is 0 Å². The van der Waals surface area contributed by atoms with Crippen LogP contribution in [0.25, 0.3) is 6.08 Å². The van der Waals surface area contributed by atoms with Crippen molar-refractivity contribution >= 4 is 12.2 Å². The van der Waals surface area contributed by atoms with Gasteiger partial charge in [-0.3, -0.25) is 4.90 Å². The smallest absolute Gasteiger partial charge is 0.415 e. The number of benzene rings is 1. The molecule has 1 aromatic carbocycles. The molecule has 0 saturated heterocycles. The van der Waals surface area contributed by atoms with Crippen LogP contribution in [0.1, 0.15) is 57.2 Å². The first-order valence-corrected chi connectivity index (χ1v) is 9.17. The van der Waals surface area contributed by atoms with E-state index in [1.54, 1.807) is 6.20 Å². The maximum atomic E-state index is 12.8. The minimum Gasteiger partial charge on any atom is -0.446 e. The number of nitrogens with zero attached hydrogens (tertiary/aromatic N) is 2. The van der Waals surface area contributed by atoms with E-state index in [2.05, 4.69) is 26.8 Å². The molecule has 0 bridgehead atoms. The normalized spacial score (nSPS) is 28.4. The Kier molecular flexibility index (Phi) is 5.13. The van der Waals surface area contributed by atoms with Gasteiger partial charge < -0.3 is 4.74 Å². The Morgan fingerprint density at radius 2 is 2.08 bits per heavy atom. The van der Waals surface area contributed by atoms with Crippen molar-refractivity contribution in [1.29, 1.82) is 5.26 Å². The second kappa shape index (κ2) is 7.31. The topological polar surface area (TPSA) is 53.3 Å². The zero-order valence-corrected chi connectivity index (χ0v) is 15.2. The van der Waals surface area contributed by atoms with Gasteiger partial charge in [0, 0.05) is 6.20 Å². The van der Waals surface area contributed by atoms with Crippen molar-refractivity contribution < 1.29 is 9.53 Å². The molecule has 1 saturated carbocycles. The molecule has 4 nitrogen and oxygen atoms in total. The first kappa shape index (κ1) is 17.5. The Hall–Kier alpha value is -2.28. The SMILES string of the molecule is CC(C)[C@H]1CC[C@H](C)C[C@@H]1OC(=O)N1C=Cc2ccccc2[C@H]1C#N. The lowest BCUT2D eigenvalue weighted by molar-refractivity contribution is -0.00735. The Balaban J connectivity index is 1.78. The molecular weight excluding hydrogens is 312 g/mol. The van der Waals surface area contributed by atoms with E-state index in [0.29, 0.717) is 17.8 Å². The predicted molar refractivity (Wildman–Crippen MR) is 97.3 cm³/mol. The molecule has 4 atom stereocenters. The second-order valence-electron chi connectivity index (χ2n) is 7.63. The van der Waals surface area contributed by atoms with Gasteiger partial charge in [0.05, 0.1) is 6.07 Å². The zero-order valence-electron chi connectivity index (χ0n) is 15.2. The monoisotopic (exact) mass is 338 g/mol. The molecule has 0 spiro atoms. The van der Waals surface area contributed by atoms with E-state index in [9.17, 15) is 10.1 Å². The highest BCUT2D eigenvalue weighted by Gasteiger charge is 2.36. The molecule has 0 unspecified atom stereocenters. The molecule has 1 aliphatic carbocycles. The highest BCUT2D eigenvalue weighted by molar-refractivity contribution is 5.74. The number of amides is 1. The molecule has 4 heteroatoms. The maximum absolute atomic E-state index is 12.8. The molecule has 0 aromatic heterocycles. The van der Waals surface area contributed by atoms with E-state index < -0.39 is 12.1 Å². The first-order chi connectivity index (χ1) is 12.0. The lowest BCUT2D eigenvalue weighted by Gasteiger charge is -2.38. The van der Waals surface area contributed by atoms with Crippen LogP contribution >= 0.6 is 0 Å². The van der Waals surface area contributed by atoms with E-state index in [4.69, 9.17) is 4.74 Å². The fraction of sp³-hybridized carbons (Fsp3) is 0.524. The van der Waals surface area contributed by atoms with Gasteiger partial charge in [0.2, 0.25) is 0 Å². The summed E-state index contributed by atoms with van der Waals surface area (Å²) < 4.78 is 5.91. The van der Waals surface area contributed by atoms with Crippen LogP contribution in [0.4, 0.5) is 4.79 Å². The summed E-state index contributed by atoms with van der Waals surface area (Å²) in [6.07, 6.45) is 6.25. The van der Waals surface area contributed by atoms with Gasteiger partial charge in [-0.05, 0) is 47.8 Å². The quantitative estimate of drug-likeness (QED) is 0.750. The van der Waals surface area contributed by atoms with E-state index in [0.717, 1.165) is 24.0 Å². The molecule has 1 aliphatic heterocycles. The molecule has 0 radical (unpaired) electrons. The molecular formula is C21H26N2O2.